The summed E-state index contributed by atoms with van der Waals surface area (Å²) < 4.78 is 12.3. The molecule has 1 unspecified atom stereocenters. The standard InChI is InChI=1S/C43H57N5O6/c1-31(2)34-7-9-35(10-8-34)48-23-26-54-43(30-48)17-20-47(21-18-43)29-33-6-4-5-32(27-33)15-24-53-25-16-41(52)46(3)22-19-44-28-39(50)36-11-13-38(49)42-37(36)12-14-40(51)45-42/h4-14,27,31,39,44,49-50H,15-26,28-30H2,1-3H3,(H,45,51). The van der Waals surface area contributed by atoms with Crippen molar-refractivity contribution in [2.75, 3.05) is 77.6 Å². The van der Waals surface area contributed by atoms with Crippen LogP contribution in [0.1, 0.15) is 67.4 Å². The largest absolute Gasteiger partial charge is 0.506 e. The zero-order valence-corrected chi connectivity index (χ0v) is 32.1. The third-order valence-electron chi connectivity index (χ3n) is 11.0. The van der Waals surface area contributed by atoms with Crippen LogP contribution in [0.4, 0.5) is 5.69 Å². The molecule has 54 heavy (non-hydrogen) atoms. The van der Waals surface area contributed by atoms with Gasteiger partial charge < -0.3 is 39.8 Å². The Labute approximate surface area is 318 Å². The summed E-state index contributed by atoms with van der Waals surface area (Å²) in [6.07, 6.45) is 2.32. The number of anilines is 1. The number of H-pyrrole nitrogens is 1. The van der Waals surface area contributed by atoms with Crippen molar-refractivity contribution in [3.63, 3.8) is 0 Å². The quantitative estimate of drug-likeness (QED) is 0.118. The Kier molecular flexibility index (Phi) is 13.4. The van der Waals surface area contributed by atoms with E-state index in [1.807, 2.05) is 0 Å². The Morgan fingerprint density at radius 2 is 1.80 bits per heavy atom. The fourth-order valence-electron chi connectivity index (χ4n) is 7.61. The zero-order valence-electron chi connectivity index (χ0n) is 32.1. The number of amides is 1. The van der Waals surface area contributed by atoms with Crippen LogP contribution in [0.3, 0.4) is 0 Å². The van der Waals surface area contributed by atoms with E-state index in [1.54, 1.807) is 24.1 Å². The van der Waals surface area contributed by atoms with Gasteiger partial charge in [-0.15, -0.1) is 0 Å². The number of likely N-dealkylation sites (N-methyl/N-ethyl adjacent to an activating group) is 1. The molecule has 1 atom stereocenters. The van der Waals surface area contributed by atoms with E-state index in [0.29, 0.717) is 55.1 Å². The van der Waals surface area contributed by atoms with E-state index >= 15 is 0 Å². The number of nitrogens with one attached hydrogen (secondary N) is 2. The number of aliphatic hydroxyl groups excluding tert-OH is 1. The van der Waals surface area contributed by atoms with E-state index in [-0.39, 0.29) is 29.4 Å². The molecule has 2 fully saturated rings. The monoisotopic (exact) mass is 739 g/mol. The fraction of sp³-hybridized carbons (Fsp3) is 0.488. The molecule has 2 aliphatic rings. The second kappa shape index (κ2) is 18.4. The number of piperidine rings is 1. The second-order valence-corrected chi connectivity index (χ2v) is 15.2. The molecule has 0 aliphatic carbocycles. The van der Waals surface area contributed by atoms with Gasteiger partial charge in [0.15, 0.2) is 0 Å². The average Bonchev–Trinajstić information content (AvgIpc) is 3.17. The number of ether oxygens (including phenoxy) is 2. The maximum Gasteiger partial charge on any atom is 0.248 e. The molecule has 1 amide bonds. The number of phenolic OH excluding ortho intramolecular Hbond substituents is 1. The van der Waals surface area contributed by atoms with Crippen molar-refractivity contribution >= 4 is 22.5 Å². The molecule has 2 saturated heterocycles. The molecule has 6 rings (SSSR count). The van der Waals surface area contributed by atoms with Crippen molar-refractivity contribution in [1.29, 1.82) is 0 Å². The number of hydrogen-bond donors (Lipinski definition) is 4. The molecule has 4 N–H and O–H groups in total. The van der Waals surface area contributed by atoms with Gasteiger partial charge in [-0.2, -0.15) is 0 Å². The van der Waals surface area contributed by atoms with Crippen LogP contribution in [-0.2, 0) is 27.2 Å². The average molecular weight is 740 g/mol. The molecule has 4 aromatic rings. The predicted molar refractivity (Wildman–Crippen MR) is 213 cm³/mol. The van der Waals surface area contributed by atoms with Crippen molar-refractivity contribution in [2.24, 2.45) is 0 Å². The number of hydrogen-bond acceptors (Lipinski definition) is 9. The number of aromatic amines is 1. The third-order valence-corrected chi connectivity index (χ3v) is 11.0. The van der Waals surface area contributed by atoms with E-state index in [2.05, 4.69) is 82.5 Å². The summed E-state index contributed by atoms with van der Waals surface area (Å²) in [7, 11) is 1.77. The van der Waals surface area contributed by atoms with Crippen LogP contribution in [0.15, 0.2) is 77.6 Å². The van der Waals surface area contributed by atoms with Crippen LogP contribution >= 0.6 is 0 Å². The normalized spacial score (nSPS) is 16.6. The van der Waals surface area contributed by atoms with Gasteiger partial charge in [0.2, 0.25) is 11.5 Å². The van der Waals surface area contributed by atoms with E-state index in [1.165, 1.54) is 34.5 Å². The number of benzene rings is 3. The fourth-order valence-corrected chi connectivity index (χ4v) is 7.61. The SMILES string of the molecule is CC(C)c1ccc(N2CCOC3(CCN(Cc4cccc(CCOCCC(=O)N(C)CCNCC(O)c5ccc(O)c6[nH]c(=O)ccc56)c4)CC3)C2)cc1. The number of nitrogens with zero attached hydrogens (tertiary/aromatic N) is 3. The minimum absolute atomic E-state index is 0.00256. The smallest absolute Gasteiger partial charge is 0.248 e. The number of aromatic nitrogens is 1. The Hall–Kier alpha value is -4.26. The van der Waals surface area contributed by atoms with Crippen molar-refractivity contribution < 1.29 is 24.5 Å². The predicted octanol–water partition coefficient (Wildman–Crippen LogP) is 4.96. The molecular weight excluding hydrogens is 683 g/mol. The van der Waals surface area contributed by atoms with Gasteiger partial charge >= 0.3 is 0 Å². The Morgan fingerprint density at radius 3 is 2.57 bits per heavy atom. The van der Waals surface area contributed by atoms with E-state index in [0.717, 1.165) is 58.6 Å². The number of carbonyl (C=O) groups is 1. The van der Waals surface area contributed by atoms with Gasteiger partial charge in [-0.05, 0) is 71.7 Å². The molecule has 290 valence electrons. The Balaban J connectivity index is 0.853. The van der Waals surface area contributed by atoms with Gasteiger partial charge in [0, 0.05) is 76.5 Å². The number of carbonyl (C=O) groups excluding carboxylic acids is 1. The third kappa shape index (κ3) is 10.3. The number of aliphatic hydroxyl groups is 1. The van der Waals surface area contributed by atoms with E-state index in [4.69, 9.17) is 9.47 Å². The Bertz CT molecular complexity index is 1890. The highest BCUT2D eigenvalue weighted by molar-refractivity contribution is 5.87. The minimum atomic E-state index is -0.853. The molecule has 0 saturated carbocycles. The van der Waals surface area contributed by atoms with Gasteiger partial charge in [0.25, 0.3) is 0 Å². The lowest BCUT2D eigenvalue weighted by Gasteiger charge is -2.48. The number of likely N-dealkylation sites (tertiary alicyclic amines) is 1. The van der Waals surface area contributed by atoms with Gasteiger partial charge in [-0.25, -0.2) is 0 Å². The van der Waals surface area contributed by atoms with Crippen LogP contribution in [0.5, 0.6) is 5.75 Å². The van der Waals surface area contributed by atoms with Gasteiger partial charge in [-0.3, -0.25) is 14.5 Å². The number of aromatic hydroxyl groups is 1. The zero-order chi connectivity index (χ0) is 38.1. The van der Waals surface area contributed by atoms with Crippen molar-refractivity contribution in [2.45, 2.75) is 63.7 Å². The van der Waals surface area contributed by atoms with Crippen molar-refractivity contribution in [1.82, 2.24) is 20.1 Å². The summed E-state index contributed by atoms with van der Waals surface area (Å²) in [5, 5.41) is 24.6. The highest BCUT2D eigenvalue weighted by Crippen LogP contribution is 2.33. The van der Waals surface area contributed by atoms with E-state index < -0.39 is 6.10 Å². The molecular formula is C43H57N5O6. The first kappa shape index (κ1) is 39.4. The Morgan fingerprint density at radius 1 is 1.02 bits per heavy atom. The molecule has 2 aliphatic heterocycles. The molecule has 0 bridgehead atoms. The van der Waals surface area contributed by atoms with Crippen LogP contribution < -0.4 is 15.8 Å². The lowest BCUT2D eigenvalue weighted by Crippen LogP contribution is -2.56. The lowest BCUT2D eigenvalue weighted by molar-refractivity contribution is -0.131. The topological polar surface area (TPSA) is 131 Å². The summed E-state index contributed by atoms with van der Waals surface area (Å²) in [5.74, 6) is 0.495. The van der Waals surface area contributed by atoms with Crippen LogP contribution in [0, 0.1) is 0 Å². The maximum atomic E-state index is 12.7. The first-order valence-electron chi connectivity index (χ1n) is 19.4. The number of pyridine rings is 1. The van der Waals surface area contributed by atoms with Gasteiger partial charge in [0.1, 0.15) is 5.75 Å². The lowest BCUT2D eigenvalue weighted by atomic mass is 9.88. The van der Waals surface area contributed by atoms with Crippen LogP contribution in [0.25, 0.3) is 10.9 Å². The molecule has 1 spiro atoms. The summed E-state index contributed by atoms with van der Waals surface area (Å²) >= 11 is 0. The van der Waals surface area contributed by atoms with Crippen molar-refractivity contribution in [3.05, 3.63) is 105 Å². The molecule has 0 radical (unpaired) electrons. The molecule has 3 aromatic carbocycles. The number of rotatable bonds is 16. The molecule has 3 heterocycles. The highest BCUT2D eigenvalue weighted by Gasteiger charge is 2.39. The maximum absolute atomic E-state index is 12.7. The molecule has 1 aromatic heterocycles. The molecule has 11 heteroatoms. The summed E-state index contributed by atoms with van der Waals surface area (Å²) in [6, 6.07) is 23.9. The van der Waals surface area contributed by atoms with Gasteiger partial charge in [-0.1, -0.05) is 56.3 Å². The molecule has 11 nitrogen and oxygen atoms in total. The summed E-state index contributed by atoms with van der Waals surface area (Å²) in [5.41, 5.74) is 5.73. The number of morpholine rings is 1. The number of phenols is 1. The second-order valence-electron chi connectivity index (χ2n) is 15.2. The number of fused-ring (bicyclic) bond motifs is 1. The first-order chi connectivity index (χ1) is 26.1. The van der Waals surface area contributed by atoms with Crippen LogP contribution in [0.2, 0.25) is 0 Å². The van der Waals surface area contributed by atoms with Gasteiger partial charge in [0.05, 0.1) is 43.5 Å². The minimum Gasteiger partial charge on any atom is -0.506 e. The van der Waals surface area contributed by atoms with Crippen LogP contribution in [-0.4, -0.2) is 109 Å². The first-order valence-corrected chi connectivity index (χ1v) is 19.4. The highest BCUT2D eigenvalue weighted by atomic mass is 16.5. The summed E-state index contributed by atoms with van der Waals surface area (Å²) in [4.78, 5) is 33.7. The summed E-state index contributed by atoms with van der Waals surface area (Å²) in [6.45, 7) is 12.3. The van der Waals surface area contributed by atoms with Crippen molar-refractivity contribution in [3.8, 4) is 5.75 Å². The van der Waals surface area contributed by atoms with E-state index in [9.17, 15) is 19.8 Å².